The van der Waals surface area contributed by atoms with Crippen LogP contribution in [0.25, 0.3) is 5.76 Å². The average molecular weight is 469 g/mol. The molecule has 1 aliphatic rings. The molecular weight excluding hydrogens is 436 g/mol. The number of likely N-dealkylation sites (N-methyl/N-ethyl adjacent to an activating group) is 1. The largest absolute Gasteiger partial charge is 0.507 e. The van der Waals surface area contributed by atoms with Crippen molar-refractivity contribution in [2.24, 2.45) is 0 Å². The van der Waals surface area contributed by atoms with Gasteiger partial charge >= 0.3 is 5.97 Å². The SMILES string of the molecule is CCOC(=O)c1[nH]c(C)c(C(O)=C2C(=O)C(=O)N(CCN(CC)CC)[C@@H]2c2ccccn2)c1C. The van der Waals surface area contributed by atoms with Gasteiger partial charge in [0.1, 0.15) is 17.5 Å². The molecule has 0 bridgehead atoms. The van der Waals surface area contributed by atoms with Gasteiger partial charge in [0.2, 0.25) is 0 Å². The molecule has 34 heavy (non-hydrogen) atoms. The number of pyridine rings is 1. The lowest BCUT2D eigenvalue weighted by molar-refractivity contribution is -0.140. The van der Waals surface area contributed by atoms with Crippen molar-refractivity contribution in [3.05, 3.63) is 58.2 Å². The highest BCUT2D eigenvalue weighted by Crippen LogP contribution is 2.40. The fourth-order valence-corrected chi connectivity index (χ4v) is 4.39. The van der Waals surface area contributed by atoms with E-state index in [4.69, 9.17) is 4.74 Å². The summed E-state index contributed by atoms with van der Waals surface area (Å²) in [6.07, 6.45) is 1.59. The molecule has 9 nitrogen and oxygen atoms in total. The minimum Gasteiger partial charge on any atom is -0.507 e. The molecule has 2 aromatic heterocycles. The van der Waals surface area contributed by atoms with Crippen LogP contribution in [0.5, 0.6) is 0 Å². The number of carbonyl (C=O) groups is 3. The summed E-state index contributed by atoms with van der Waals surface area (Å²) in [4.78, 5) is 49.6. The first-order valence-corrected chi connectivity index (χ1v) is 11.5. The van der Waals surface area contributed by atoms with E-state index in [9.17, 15) is 19.5 Å². The van der Waals surface area contributed by atoms with E-state index in [1.165, 1.54) is 4.90 Å². The van der Waals surface area contributed by atoms with Crippen molar-refractivity contribution in [2.45, 2.75) is 40.7 Å². The normalized spacial score (nSPS) is 17.6. The van der Waals surface area contributed by atoms with E-state index in [2.05, 4.69) is 14.9 Å². The highest BCUT2D eigenvalue weighted by molar-refractivity contribution is 6.46. The number of esters is 1. The van der Waals surface area contributed by atoms with Gasteiger partial charge < -0.3 is 24.6 Å². The van der Waals surface area contributed by atoms with Gasteiger partial charge in [-0.2, -0.15) is 0 Å². The van der Waals surface area contributed by atoms with Gasteiger partial charge in [-0.3, -0.25) is 14.6 Å². The molecule has 0 saturated carbocycles. The Morgan fingerprint density at radius 1 is 1.21 bits per heavy atom. The number of aliphatic hydroxyl groups excluding tert-OH is 1. The van der Waals surface area contributed by atoms with Crippen molar-refractivity contribution in [2.75, 3.05) is 32.8 Å². The lowest BCUT2D eigenvalue weighted by atomic mass is 9.96. The zero-order valence-electron chi connectivity index (χ0n) is 20.3. The summed E-state index contributed by atoms with van der Waals surface area (Å²) in [5, 5.41) is 11.4. The van der Waals surface area contributed by atoms with Crippen LogP contribution in [0, 0.1) is 13.8 Å². The van der Waals surface area contributed by atoms with Crippen molar-refractivity contribution < 1.29 is 24.2 Å². The van der Waals surface area contributed by atoms with Crippen molar-refractivity contribution in [1.29, 1.82) is 0 Å². The lowest BCUT2D eigenvalue weighted by Crippen LogP contribution is -2.38. The van der Waals surface area contributed by atoms with Gasteiger partial charge in [-0.25, -0.2) is 4.79 Å². The maximum absolute atomic E-state index is 13.2. The summed E-state index contributed by atoms with van der Waals surface area (Å²) >= 11 is 0. The topological polar surface area (TPSA) is 116 Å². The van der Waals surface area contributed by atoms with Crippen LogP contribution >= 0.6 is 0 Å². The molecule has 2 N–H and O–H groups in total. The molecule has 0 radical (unpaired) electrons. The van der Waals surface area contributed by atoms with Crippen LogP contribution in [0.1, 0.15) is 59.8 Å². The second-order valence-corrected chi connectivity index (χ2v) is 8.12. The molecule has 0 unspecified atom stereocenters. The number of carbonyl (C=O) groups excluding carboxylic acids is 3. The number of aromatic amines is 1. The molecule has 1 aliphatic heterocycles. The molecule has 1 saturated heterocycles. The van der Waals surface area contributed by atoms with E-state index in [0.717, 1.165) is 13.1 Å². The molecule has 9 heteroatoms. The minimum absolute atomic E-state index is 0.0381. The number of rotatable bonds is 9. The predicted octanol–water partition coefficient (Wildman–Crippen LogP) is 2.97. The minimum atomic E-state index is -0.837. The van der Waals surface area contributed by atoms with Gasteiger partial charge in [0.15, 0.2) is 0 Å². The Morgan fingerprint density at radius 2 is 1.91 bits per heavy atom. The standard InChI is InChI=1S/C25H32N4O5/c1-6-28(7-2)13-14-29-21(17-11-9-10-12-26-17)19(23(31)24(29)32)22(30)18-15(4)20(27-16(18)5)25(33)34-8-3/h9-12,21,27,30H,6-8,13-14H2,1-5H3/t21-/m1/s1. The summed E-state index contributed by atoms with van der Waals surface area (Å²) in [6, 6.07) is 4.42. The average Bonchev–Trinajstić information content (AvgIpc) is 3.27. The quantitative estimate of drug-likeness (QED) is 0.252. The Hall–Kier alpha value is -3.46. The maximum atomic E-state index is 13.2. The molecule has 3 heterocycles. The number of amides is 1. The number of nitrogens with zero attached hydrogens (tertiary/aromatic N) is 3. The molecule has 1 amide bonds. The van der Waals surface area contributed by atoms with Crippen LogP contribution in [0.3, 0.4) is 0 Å². The Morgan fingerprint density at radius 3 is 2.50 bits per heavy atom. The van der Waals surface area contributed by atoms with Crippen LogP contribution in [-0.4, -0.2) is 75.3 Å². The fraction of sp³-hybridized carbons (Fsp3) is 0.440. The van der Waals surface area contributed by atoms with Crippen LogP contribution in [0.2, 0.25) is 0 Å². The van der Waals surface area contributed by atoms with Crippen LogP contribution in [-0.2, 0) is 14.3 Å². The Kier molecular flexibility index (Phi) is 7.88. The summed E-state index contributed by atoms with van der Waals surface area (Å²) in [5.41, 5.74) is 1.90. The third kappa shape index (κ3) is 4.61. The first kappa shape index (κ1) is 25.2. The number of hydrogen-bond donors (Lipinski definition) is 2. The van der Waals surface area contributed by atoms with E-state index in [-0.39, 0.29) is 23.6 Å². The Balaban J connectivity index is 2.14. The van der Waals surface area contributed by atoms with Gasteiger partial charge in [-0.15, -0.1) is 0 Å². The smallest absolute Gasteiger partial charge is 0.355 e. The molecule has 0 spiro atoms. The fourth-order valence-electron chi connectivity index (χ4n) is 4.39. The third-order valence-electron chi connectivity index (χ3n) is 6.21. The van der Waals surface area contributed by atoms with Crippen LogP contribution < -0.4 is 0 Å². The first-order chi connectivity index (χ1) is 16.3. The first-order valence-electron chi connectivity index (χ1n) is 11.5. The zero-order chi connectivity index (χ0) is 25.0. The summed E-state index contributed by atoms with van der Waals surface area (Å²) in [6.45, 7) is 11.8. The van der Waals surface area contributed by atoms with Crippen LogP contribution in [0.4, 0.5) is 0 Å². The van der Waals surface area contributed by atoms with E-state index in [1.807, 2.05) is 13.8 Å². The monoisotopic (exact) mass is 468 g/mol. The van der Waals surface area contributed by atoms with Crippen molar-refractivity contribution in [1.82, 2.24) is 19.8 Å². The molecule has 0 aromatic carbocycles. The number of H-pyrrole nitrogens is 1. The highest BCUT2D eigenvalue weighted by atomic mass is 16.5. The highest BCUT2D eigenvalue weighted by Gasteiger charge is 2.47. The van der Waals surface area contributed by atoms with E-state index in [0.29, 0.717) is 35.6 Å². The van der Waals surface area contributed by atoms with Gasteiger partial charge in [-0.05, 0) is 51.6 Å². The number of aliphatic hydroxyl groups is 1. The number of aryl methyl sites for hydroxylation is 1. The van der Waals surface area contributed by atoms with Crippen molar-refractivity contribution >= 4 is 23.4 Å². The lowest BCUT2D eigenvalue weighted by Gasteiger charge is -2.27. The Labute approximate surface area is 199 Å². The van der Waals surface area contributed by atoms with Crippen molar-refractivity contribution in [3.63, 3.8) is 0 Å². The third-order valence-corrected chi connectivity index (χ3v) is 6.21. The molecule has 1 atom stereocenters. The zero-order valence-corrected chi connectivity index (χ0v) is 20.3. The molecule has 3 rings (SSSR count). The predicted molar refractivity (Wildman–Crippen MR) is 127 cm³/mol. The van der Waals surface area contributed by atoms with E-state index in [1.54, 1.807) is 45.2 Å². The summed E-state index contributed by atoms with van der Waals surface area (Å²) in [7, 11) is 0. The number of ketones is 1. The summed E-state index contributed by atoms with van der Waals surface area (Å²) < 4.78 is 5.09. The molecule has 0 aliphatic carbocycles. The number of aromatic nitrogens is 2. The molecule has 1 fully saturated rings. The number of nitrogens with one attached hydrogen (secondary N) is 1. The number of ether oxygens (including phenoxy) is 1. The van der Waals surface area contributed by atoms with E-state index < -0.39 is 23.7 Å². The van der Waals surface area contributed by atoms with E-state index >= 15 is 0 Å². The van der Waals surface area contributed by atoms with Gasteiger partial charge in [0, 0.05) is 30.5 Å². The number of likely N-dealkylation sites (tertiary alicyclic amines) is 1. The second kappa shape index (κ2) is 10.6. The van der Waals surface area contributed by atoms with Gasteiger partial charge in [-0.1, -0.05) is 19.9 Å². The molecule has 2 aromatic rings. The van der Waals surface area contributed by atoms with Crippen LogP contribution in [0.15, 0.2) is 30.0 Å². The number of hydrogen-bond acceptors (Lipinski definition) is 7. The maximum Gasteiger partial charge on any atom is 0.355 e. The van der Waals surface area contributed by atoms with Gasteiger partial charge in [0.05, 0.1) is 17.9 Å². The number of Topliss-reactive ketones (excluding diaryl/α,β-unsaturated/α-hetero) is 1. The van der Waals surface area contributed by atoms with Gasteiger partial charge in [0.25, 0.3) is 11.7 Å². The second-order valence-electron chi connectivity index (χ2n) is 8.12. The molecule has 182 valence electrons. The Bertz CT molecular complexity index is 1100. The molecular formula is C25H32N4O5. The summed E-state index contributed by atoms with van der Waals surface area (Å²) in [5.74, 6) is -2.34. The van der Waals surface area contributed by atoms with Crippen molar-refractivity contribution in [3.8, 4) is 0 Å².